The molecule has 0 aliphatic carbocycles. The number of ether oxygens (including phenoxy) is 1. The van der Waals surface area contributed by atoms with Crippen LogP contribution in [0.3, 0.4) is 0 Å². The third kappa shape index (κ3) is 6.26. The van der Waals surface area contributed by atoms with Crippen molar-refractivity contribution in [1.82, 2.24) is 15.1 Å². The molecule has 0 spiro atoms. The number of carbonyl (C=O) groups excluding carboxylic acids is 1. The zero-order valence-corrected chi connectivity index (χ0v) is 13.8. The molecule has 7 nitrogen and oxygen atoms in total. The molecule has 1 atom stereocenters. The fourth-order valence-electron chi connectivity index (χ4n) is 1.95. The smallest absolute Gasteiger partial charge is 0.326 e. The Morgan fingerprint density at radius 2 is 2.05 bits per heavy atom. The second-order valence-electron chi connectivity index (χ2n) is 6.29. The van der Waals surface area contributed by atoms with Crippen LogP contribution in [0.15, 0.2) is 6.07 Å². The molecule has 0 fully saturated rings. The number of aromatic nitrogens is 2. The Bertz CT molecular complexity index is 531. The van der Waals surface area contributed by atoms with Gasteiger partial charge >= 0.3 is 5.97 Å². The average molecular weight is 311 g/mol. The van der Waals surface area contributed by atoms with Gasteiger partial charge in [-0.05, 0) is 40.7 Å². The molecule has 124 valence electrons. The first-order valence-electron chi connectivity index (χ1n) is 7.25. The van der Waals surface area contributed by atoms with E-state index in [1.165, 1.54) is 0 Å². The molecule has 1 heterocycles. The molecule has 1 aromatic heterocycles. The summed E-state index contributed by atoms with van der Waals surface area (Å²) in [5.41, 5.74) is 1.34. The molecular weight excluding hydrogens is 286 g/mol. The fourth-order valence-corrected chi connectivity index (χ4v) is 1.95. The number of hydrogen-bond acceptors (Lipinski definition) is 4. The van der Waals surface area contributed by atoms with E-state index in [0.717, 1.165) is 11.4 Å². The van der Waals surface area contributed by atoms with Crippen LogP contribution in [-0.2, 0) is 20.9 Å². The van der Waals surface area contributed by atoms with Crippen LogP contribution >= 0.6 is 0 Å². The second-order valence-corrected chi connectivity index (χ2v) is 6.29. The van der Waals surface area contributed by atoms with Crippen molar-refractivity contribution >= 4 is 11.9 Å². The van der Waals surface area contributed by atoms with Crippen LogP contribution in [0.1, 0.15) is 38.6 Å². The minimum absolute atomic E-state index is 0.00355. The van der Waals surface area contributed by atoms with Crippen molar-refractivity contribution in [2.24, 2.45) is 0 Å². The Kier molecular flexibility index (Phi) is 6.11. The topological polar surface area (TPSA) is 93.5 Å². The molecule has 1 amide bonds. The van der Waals surface area contributed by atoms with Gasteiger partial charge < -0.3 is 15.2 Å². The van der Waals surface area contributed by atoms with Gasteiger partial charge in [-0.15, -0.1) is 0 Å². The molecule has 1 rings (SSSR count). The number of aryl methyl sites for hydroxylation is 2. The second kappa shape index (κ2) is 7.40. The summed E-state index contributed by atoms with van der Waals surface area (Å²) in [6, 6.07) is 0.894. The number of nitrogens with zero attached hydrogens (tertiary/aromatic N) is 2. The lowest BCUT2D eigenvalue weighted by Gasteiger charge is -2.21. The Labute approximate surface area is 130 Å². The van der Waals surface area contributed by atoms with Crippen molar-refractivity contribution in [3.63, 3.8) is 0 Å². The van der Waals surface area contributed by atoms with Crippen LogP contribution in [0.25, 0.3) is 0 Å². The van der Waals surface area contributed by atoms with Crippen LogP contribution in [0.4, 0.5) is 0 Å². The summed E-state index contributed by atoms with van der Waals surface area (Å²) in [7, 11) is 0. The molecule has 0 aromatic carbocycles. The van der Waals surface area contributed by atoms with Gasteiger partial charge in [-0.1, -0.05) is 0 Å². The van der Waals surface area contributed by atoms with E-state index in [2.05, 4.69) is 10.4 Å². The Morgan fingerprint density at radius 1 is 1.41 bits per heavy atom. The molecule has 0 radical (unpaired) electrons. The van der Waals surface area contributed by atoms with Gasteiger partial charge in [0.05, 0.1) is 11.3 Å². The van der Waals surface area contributed by atoms with E-state index in [0.29, 0.717) is 0 Å². The lowest BCUT2D eigenvalue weighted by Crippen LogP contribution is -2.43. The summed E-state index contributed by atoms with van der Waals surface area (Å²) < 4.78 is 7.05. The fraction of sp³-hybridized carbons (Fsp3) is 0.667. The summed E-state index contributed by atoms with van der Waals surface area (Å²) in [5, 5.41) is 15.9. The first-order chi connectivity index (χ1) is 10.1. The molecule has 2 N–H and O–H groups in total. The number of hydrogen-bond donors (Lipinski definition) is 2. The van der Waals surface area contributed by atoms with E-state index in [-0.39, 0.29) is 31.1 Å². The number of carboxylic acids is 1. The number of aliphatic carboxylic acids is 1. The number of carbonyl (C=O) groups is 2. The standard InChI is InChI=1S/C15H25N3O4/c1-10-8-11(2)18(17-10)9-13(19)16-12(14(20)21)6-7-22-15(3,4)5/h8,12H,6-7,9H2,1-5H3,(H,16,19)(H,20,21). The first-order valence-corrected chi connectivity index (χ1v) is 7.25. The molecule has 0 bridgehead atoms. The maximum absolute atomic E-state index is 12.0. The van der Waals surface area contributed by atoms with Crippen LogP contribution in [0.5, 0.6) is 0 Å². The maximum atomic E-state index is 12.0. The van der Waals surface area contributed by atoms with E-state index >= 15 is 0 Å². The van der Waals surface area contributed by atoms with Gasteiger partial charge in [-0.3, -0.25) is 9.48 Å². The SMILES string of the molecule is Cc1cc(C)n(CC(=O)NC(CCOC(C)(C)C)C(=O)O)n1. The molecule has 7 heteroatoms. The van der Waals surface area contributed by atoms with Gasteiger partial charge in [-0.25, -0.2) is 4.79 Å². The van der Waals surface area contributed by atoms with Gasteiger partial charge in [-0.2, -0.15) is 5.10 Å². The summed E-state index contributed by atoms with van der Waals surface area (Å²) in [5.74, 6) is -1.45. The van der Waals surface area contributed by atoms with Gasteiger partial charge in [0.15, 0.2) is 0 Å². The monoisotopic (exact) mass is 311 g/mol. The van der Waals surface area contributed by atoms with Gasteiger partial charge in [0.1, 0.15) is 12.6 Å². The molecule has 0 aliphatic heterocycles. The maximum Gasteiger partial charge on any atom is 0.326 e. The van der Waals surface area contributed by atoms with Crippen LogP contribution in [-0.4, -0.2) is 45.0 Å². The number of nitrogens with one attached hydrogen (secondary N) is 1. The summed E-state index contributed by atoms with van der Waals surface area (Å²) in [6.45, 7) is 9.63. The van der Waals surface area contributed by atoms with E-state index in [9.17, 15) is 14.7 Å². The van der Waals surface area contributed by atoms with E-state index in [1.54, 1.807) is 4.68 Å². The normalized spacial score (nSPS) is 13.0. The number of carboxylic acid groups (broad SMARTS) is 1. The number of amides is 1. The van der Waals surface area contributed by atoms with Crippen molar-refractivity contribution in [2.75, 3.05) is 6.61 Å². The Balaban J connectivity index is 2.54. The highest BCUT2D eigenvalue weighted by molar-refractivity contribution is 5.83. The molecule has 0 saturated carbocycles. The van der Waals surface area contributed by atoms with Gasteiger partial charge in [0.2, 0.25) is 5.91 Å². The predicted molar refractivity (Wildman–Crippen MR) is 81.6 cm³/mol. The zero-order valence-electron chi connectivity index (χ0n) is 13.8. The Hall–Kier alpha value is -1.89. The van der Waals surface area contributed by atoms with Crippen molar-refractivity contribution in [1.29, 1.82) is 0 Å². The predicted octanol–water partition coefficient (Wildman–Crippen LogP) is 1.27. The minimum atomic E-state index is -1.07. The third-order valence-corrected chi connectivity index (χ3v) is 2.97. The highest BCUT2D eigenvalue weighted by Crippen LogP contribution is 2.08. The highest BCUT2D eigenvalue weighted by atomic mass is 16.5. The van der Waals surface area contributed by atoms with Crippen molar-refractivity contribution in [3.8, 4) is 0 Å². The average Bonchev–Trinajstić information content (AvgIpc) is 2.64. The third-order valence-electron chi connectivity index (χ3n) is 2.97. The number of rotatable bonds is 7. The minimum Gasteiger partial charge on any atom is -0.480 e. The van der Waals surface area contributed by atoms with Gasteiger partial charge in [0, 0.05) is 18.7 Å². The summed E-state index contributed by atoms with van der Waals surface area (Å²) in [4.78, 5) is 23.2. The molecule has 22 heavy (non-hydrogen) atoms. The molecule has 0 aliphatic rings. The molecule has 1 unspecified atom stereocenters. The first kappa shape index (κ1) is 18.2. The van der Waals surface area contributed by atoms with Crippen LogP contribution in [0, 0.1) is 13.8 Å². The van der Waals surface area contributed by atoms with Crippen molar-refractivity contribution < 1.29 is 19.4 Å². The largest absolute Gasteiger partial charge is 0.480 e. The highest BCUT2D eigenvalue weighted by Gasteiger charge is 2.21. The van der Waals surface area contributed by atoms with Crippen molar-refractivity contribution in [3.05, 3.63) is 17.5 Å². The molecule has 0 saturated heterocycles. The zero-order chi connectivity index (χ0) is 16.9. The Morgan fingerprint density at radius 3 is 2.50 bits per heavy atom. The molecular formula is C15H25N3O4. The van der Waals surface area contributed by atoms with E-state index < -0.39 is 12.0 Å². The van der Waals surface area contributed by atoms with Crippen LogP contribution < -0.4 is 5.32 Å². The molecule has 1 aromatic rings. The van der Waals surface area contributed by atoms with E-state index in [1.807, 2.05) is 40.7 Å². The lowest BCUT2D eigenvalue weighted by atomic mass is 10.2. The summed E-state index contributed by atoms with van der Waals surface area (Å²) in [6.07, 6.45) is 0.218. The van der Waals surface area contributed by atoms with Crippen molar-refractivity contribution in [2.45, 2.75) is 59.2 Å². The lowest BCUT2D eigenvalue weighted by molar-refractivity contribution is -0.143. The quantitative estimate of drug-likeness (QED) is 0.791. The van der Waals surface area contributed by atoms with E-state index in [4.69, 9.17) is 4.74 Å². The van der Waals surface area contributed by atoms with Crippen LogP contribution in [0.2, 0.25) is 0 Å². The van der Waals surface area contributed by atoms with Gasteiger partial charge in [0.25, 0.3) is 0 Å². The summed E-state index contributed by atoms with van der Waals surface area (Å²) >= 11 is 0.